The largest absolute Gasteiger partial charge is 0.487 e. The van der Waals surface area contributed by atoms with Crippen molar-refractivity contribution in [1.29, 1.82) is 0 Å². The predicted octanol–water partition coefficient (Wildman–Crippen LogP) is -0.615. The summed E-state index contributed by atoms with van der Waals surface area (Å²) in [5.74, 6) is -2.50. The summed E-state index contributed by atoms with van der Waals surface area (Å²) in [6.07, 6.45) is 0. The van der Waals surface area contributed by atoms with E-state index in [4.69, 9.17) is 10.2 Å². The summed E-state index contributed by atoms with van der Waals surface area (Å²) in [5, 5.41) is 15.7. The molecule has 0 aliphatic rings. The molecule has 0 aromatic carbocycles. The van der Waals surface area contributed by atoms with E-state index in [9.17, 15) is 9.59 Å². The molecule has 0 atom stereocenters. The Bertz CT molecular complexity index is 107. The lowest BCUT2D eigenvalue weighted by atomic mass is 10.0. The van der Waals surface area contributed by atoms with E-state index in [2.05, 4.69) is 4.65 Å². The third-order valence-electron chi connectivity index (χ3n) is 0.391. The summed E-state index contributed by atoms with van der Waals surface area (Å²) < 4.78 is 4.03. The Morgan fingerprint density at radius 2 is 2.00 bits per heavy atom. The molecule has 0 aromatic heterocycles. The highest BCUT2D eigenvalue weighted by Gasteiger charge is 2.03. The van der Waals surface area contributed by atoms with Crippen LogP contribution in [0.15, 0.2) is 0 Å². The Morgan fingerprint density at radius 3 is 2.33 bits per heavy atom. The normalized spacial score (nSPS) is 8.44. The van der Waals surface area contributed by atoms with Gasteiger partial charge in [0.2, 0.25) is 0 Å². The quantitative estimate of drug-likeness (QED) is 0.496. The fourth-order valence-corrected chi connectivity index (χ4v) is 0.184. The number of hydrogen-bond acceptors (Lipinski definition) is 3. The highest BCUT2D eigenvalue weighted by molar-refractivity contribution is 6.66. The van der Waals surface area contributed by atoms with E-state index in [1.54, 1.807) is 0 Å². The van der Waals surface area contributed by atoms with Gasteiger partial charge in [0.15, 0.2) is 0 Å². The van der Waals surface area contributed by atoms with Crippen molar-refractivity contribution in [3.8, 4) is 0 Å². The molecule has 0 aliphatic heterocycles. The Balaban J connectivity index is 3.10. The Morgan fingerprint density at radius 1 is 1.44 bits per heavy atom. The first-order valence-electron chi connectivity index (χ1n) is 2.02. The van der Waals surface area contributed by atoms with Crippen LogP contribution >= 0.6 is 0 Å². The molecule has 0 heterocycles. The maximum absolute atomic E-state index is 9.64. The van der Waals surface area contributed by atoms with Crippen LogP contribution in [0, 0.1) is 0 Å². The van der Waals surface area contributed by atoms with E-state index in [0.29, 0.717) is 7.48 Å². The van der Waals surface area contributed by atoms with Crippen LogP contribution in [0.5, 0.6) is 0 Å². The van der Waals surface area contributed by atoms with Crippen LogP contribution in [0.4, 0.5) is 4.79 Å². The van der Waals surface area contributed by atoms with Crippen LogP contribution in [-0.2, 0) is 9.45 Å². The lowest BCUT2D eigenvalue weighted by molar-refractivity contribution is -0.139. The average Bonchev–Trinajstić information content (AvgIpc) is 1.63. The van der Waals surface area contributed by atoms with Crippen molar-refractivity contribution in [3.05, 3.63) is 0 Å². The van der Waals surface area contributed by atoms with Gasteiger partial charge in [0.25, 0.3) is 5.87 Å². The molecule has 9 heavy (non-hydrogen) atoms. The van der Waals surface area contributed by atoms with Crippen LogP contribution < -0.4 is 0 Å². The first kappa shape index (κ1) is 7.96. The third-order valence-corrected chi connectivity index (χ3v) is 0.391. The molecular formula is C3H4BO5. The molecule has 0 fully saturated rings. The lowest BCUT2D eigenvalue weighted by Crippen LogP contribution is -2.15. The lowest BCUT2D eigenvalue weighted by Gasteiger charge is -1.91. The second-order valence-corrected chi connectivity index (χ2v) is 1.16. The van der Waals surface area contributed by atoms with Gasteiger partial charge in [-0.2, -0.15) is 0 Å². The van der Waals surface area contributed by atoms with Crippen molar-refractivity contribution < 1.29 is 24.5 Å². The van der Waals surface area contributed by atoms with Crippen molar-refractivity contribution in [2.24, 2.45) is 0 Å². The Labute approximate surface area is 51.5 Å². The summed E-state index contributed by atoms with van der Waals surface area (Å²) in [6.45, 7) is -0.619. The highest BCUT2D eigenvalue weighted by Crippen LogP contribution is 1.71. The number of rotatable bonds is 4. The van der Waals surface area contributed by atoms with Crippen LogP contribution in [0.25, 0.3) is 0 Å². The number of hydrogen-bond donors (Lipinski definition) is 2. The van der Waals surface area contributed by atoms with Crippen molar-refractivity contribution in [2.45, 2.75) is 0 Å². The molecule has 0 unspecified atom stereocenters. The molecular weight excluding hydrogens is 127 g/mol. The zero-order chi connectivity index (χ0) is 7.28. The Kier molecular flexibility index (Phi) is 3.46. The van der Waals surface area contributed by atoms with E-state index in [-0.39, 0.29) is 0 Å². The molecule has 1 radical (unpaired) electrons. The summed E-state index contributed by atoms with van der Waals surface area (Å²) in [6, 6.07) is 0. The molecule has 49 valence electrons. The molecule has 5 nitrogen and oxygen atoms in total. The van der Waals surface area contributed by atoms with Gasteiger partial charge in [-0.15, -0.1) is 0 Å². The van der Waals surface area contributed by atoms with E-state index >= 15 is 0 Å². The van der Waals surface area contributed by atoms with E-state index in [1.165, 1.54) is 0 Å². The van der Waals surface area contributed by atoms with Gasteiger partial charge in [-0.25, -0.2) is 4.79 Å². The minimum absolute atomic E-state index is 0.425. The minimum atomic E-state index is -1.30. The van der Waals surface area contributed by atoms with Crippen molar-refractivity contribution >= 4 is 19.3 Å². The van der Waals surface area contributed by atoms with Crippen LogP contribution in [0.3, 0.4) is 0 Å². The summed E-state index contributed by atoms with van der Waals surface area (Å²) in [7, 11) is 0.425. The van der Waals surface area contributed by atoms with E-state index in [0.717, 1.165) is 0 Å². The molecule has 0 rings (SSSR count). The number of aliphatic carboxylic acids is 1. The molecule has 0 saturated carbocycles. The third kappa shape index (κ3) is 6.96. The fraction of sp³-hybridized carbons (Fsp3) is 0.333. The second kappa shape index (κ2) is 3.91. The first-order chi connectivity index (χ1) is 4.13. The zero-order valence-electron chi connectivity index (χ0n) is 4.40. The molecule has 0 aromatic rings. The van der Waals surface area contributed by atoms with Crippen LogP contribution in [0.2, 0.25) is 0 Å². The monoisotopic (exact) mass is 131 g/mol. The summed E-state index contributed by atoms with van der Waals surface area (Å²) in [4.78, 5) is 19.3. The molecule has 0 amide bonds. The van der Waals surface area contributed by atoms with Gasteiger partial charge >= 0.3 is 13.5 Å². The maximum Gasteiger partial charge on any atom is 0.436 e. The Hall–Kier alpha value is -1.04. The number of carboxylic acids is 1. The van der Waals surface area contributed by atoms with Crippen LogP contribution in [-0.4, -0.2) is 36.1 Å². The average molecular weight is 131 g/mol. The van der Waals surface area contributed by atoms with Gasteiger partial charge in [-0.3, -0.25) is 4.79 Å². The molecule has 6 heteroatoms. The molecule has 0 saturated heterocycles. The first-order valence-corrected chi connectivity index (χ1v) is 2.02. The summed E-state index contributed by atoms with van der Waals surface area (Å²) >= 11 is 0. The van der Waals surface area contributed by atoms with Gasteiger partial charge in [-0.05, 0) is 0 Å². The van der Waals surface area contributed by atoms with Gasteiger partial charge in [-0.1, -0.05) is 0 Å². The van der Waals surface area contributed by atoms with Gasteiger partial charge < -0.3 is 14.9 Å². The van der Waals surface area contributed by atoms with Crippen LogP contribution in [0.1, 0.15) is 0 Å². The van der Waals surface area contributed by atoms with E-state index in [1.807, 2.05) is 0 Å². The van der Waals surface area contributed by atoms with Gasteiger partial charge in [0, 0.05) is 0 Å². The van der Waals surface area contributed by atoms with Gasteiger partial charge in [0.1, 0.15) is 6.61 Å². The number of carbonyl (C=O) groups is 2. The summed E-state index contributed by atoms with van der Waals surface area (Å²) in [5.41, 5.74) is 0. The predicted molar refractivity (Wildman–Crippen MR) is 27.4 cm³/mol. The zero-order valence-corrected chi connectivity index (χ0v) is 4.40. The molecule has 2 N–H and O–H groups in total. The smallest absolute Gasteiger partial charge is 0.436 e. The standard InChI is InChI=1S/C3H4BO5/c5-2(6)1-9-4-3(7)8/h1H2,(H,5,6)(H,7,8). The highest BCUT2D eigenvalue weighted by atomic mass is 16.5. The minimum Gasteiger partial charge on any atom is -0.487 e. The fourth-order valence-electron chi connectivity index (χ4n) is 0.184. The van der Waals surface area contributed by atoms with Crippen molar-refractivity contribution in [2.75, 3.05) is 6.61 Å². The van der Waals surface area contributed by atoms with Gasteiger partial charge in [0.05, 0.1) is 0 Å². The molecule has 0 bridgehead atoms. The van der Waals surface area contributed by atoms with E-state index < -0.39 is 18.4 Å². The van der Waals surface area contributed by atoms with Crippen molar-refractivity contribution in [3.63, 3.8) is 0 Å². The molecule has 0 spiro atoms. The number of carboxylic acid groups (broad SMARTS) is 2. The van der Waals surface area contributed by atoms with Crippen molar-refractivity contribution in [1.82, 2.24) is 0 Å². The SMILES string of the molecule is O=C(O)[B]OCC(=O)O. The maximum atomic E-state index is 9.64. The molecule has 0 aliphatic carbocycles. The topological polar surface area (TPSA) is 83.8 Å². The second-order valence-electron chi connectivity index (χ2n) is 1.16.